The van der Waals surface area contributed by atoms with Crippen LogP contribution in [0.25, 0.3) is 1.43 Å². The second kappa shape index (κ2) is 2.82. The Hall–Kier alpha value is -0.570. The number of aliphatic carboxylic acids is 1. The molecule has 0 radical (unpaired) electrons. The molecule has 0 unspecified atom stereocenters. The molecule has 0 amide bonds. The summed E-state index contributed by atoms with van der Waals surface area (Å²) in [6.45, 7) is 0.454. The van der Waals surface area contributed by atoms with E-state index in [1.165, 1.54) is 0 Å². The maximum Gasteiger partial charge on any atom is 0.304 e. The summed E-state index contributed by atoms with van der Waals surface area (Å²) in [7, 11) is 0. The maximum absolute atomic E-state index is 10.9. The lowest BCUT2D eigenvalue weighted by atomic mass is 10.2. The van der Waals surface area contributed by atoms with E-state index in [9.17, 15) is 4.79 Å². The first-order valence-electron chi connectivity index (χ1n) is 4.79. The van der Waals surface area contributed by atoms with Crippen molar-refractivity contribution in [2.24, 2.45) is 0 Å². The Morgan fingerprint density at radius 2 is 3.11 bits per heavy atom. The summed E-state index contributed by atoms with van der Waals surface area (Å²) >= 11 is 0. The topological polar surface area (TPSA) is 49.3 Å². The number of rotatable bonds is 2. The number of hydrogen-bond acceptors (Lipinski definition) is 3. The van der Waals surface area contributed by atoms with E-state index in [1.54, 1.807) is 0 Å². The van der Waals surface area contributed by atoms with Crippen LogP contribution >= 0.6 is 0 Å². The van der Waals surface area contributed by atoms with Crippen molar-refractivity contribution in [2.75, 3.05) is 6.54 Å². The smallest absolute Gasteiger partial charge is 0.304 e. The van der Waals surface area contributed by atoms with Crippen LogP contribution in [0.4, 0.5) is 0 Å². The SMILES string of the molecule is [2H]OC(=O)C([2H])([2H])[C@H]1CCCN1[2H]. The number of carboxylic acid groups (broad SMARTS) is 1. The molecule has 2 N–H and O–H groups in total. The molecule has 0 saturated carbocycles. The van der Waals surface area contributed by atoms with Crippen LogP contribution in [0.5, 0.6) is 0 Å². The average molecular weight is 133 g/mol. The molecule has 1 aliphatic rings. The van der Waals surface area contributed by atoms with Crippen LogP contribution < -0.4 is 5.31 Å². The monoisotopic (exact) mass is 133 g/mol. The van der Waals surface area contributed by atoms with Crippen LogP contribution in [0, 0.1) is 0 Å². The standard InChI is InChI=1S/C6H11NO2/c8-6(9)4-5-2-1-3-7-5/h5,7H,1-4H2,(H,8,9)/t5-/m1/s1/i4D2/hD2. The third-order valence-electron chi connectivity index (χ3n) is 1.27. The van der Waals surface area contributed by atoms with Crippen molar-refractivity contribution in [2.45, 2.75) is 25.3 Å². The molecule has 0 aromatic heterocycles. The van der Waals surface area contributed by atoms with Crippen molar-refractivity contribution in [1.29, 1.82) is 1.43 Å². The third-order valence-corrected chi connectivity index (χ3v) is 1.27. The molecular formula is C6H11NO2. The van der Waals surface area contributed by atoms with Gasteiger partial charge in [-0.25, -0.2) is 0 Å². The largest absolute Gasteiger partial charge is 0.481 e. The quantitative estimate of drug-likeness (QED) is 0.566. The molecule has 52 valence electrons. The van der Waals surface area contributed by atoms with Gasteiger partial charge in [-0.2, -0.15) is 0 Å². The lowest BCUT2D eigenvalue weighted by molar-refractivity contribution is -0.137. The summed E-state index contributed by atoms with van der Waals surface area (Å²) in [6, 6.07) is -0.787. The van der Waals surface area contributed by atoms with Crippen molar-refractivity contribution < 1.29 is 14.1 Å². The minimum atomic E-state index is -2.25. The molecule has 1 rings (SSSR count). The number of hydrogen-bond donors (Lipinski definition) is 2. The molecule has 9 heavy (non-hydrogen) atoms. The average Bonchev–Trinajstić information content (AvgIpc) is 2.50. The van der Waals surface area contributed by atoms with Crippen molar-refractivity contribution in [3.8, 4) is 0 Å². The normalized spacial score (nSPS) is 36.2. The van der Waals surface area contributed by atoms with Crippen molar-refractivity contribution in [1.82, 2.24) is 5.31 Å². The molecule has 0 aromatic rings. The van der Waals surface area contributed by atoms with E-state index in [0.29, 0.717) is 19.4 Å². The molecule has 0 spiro atoms. The molecule has 1 saturated heterocycles. The van der Waals surface area contributed by atoms with E-state index in [-0.39, 0.29) is 0 Å². The van der Waals surface area contributed by atoms with Gasteiger partial charge in [-0.15, -0.1) is 0 Å². The molecule has 1 atom stereocenters. The van der Waals surface area contributed by atoms with Crippen LogP contribution in [-0.4, -0.2) is 23.7 Å². The van der Waals surface area contributed by atoms with Gasteiger partial charge in [-0.1, -0.05) is 0 Å². The summed E-state index contributed by atoms with van der Waals surface area (Å²) < 4.78 is 28.4. The second-order valence-electron chi connectivity index (χ2n) is 2.00. The molecule has 0 aromatic carbocycles. The van der Waals surface area contributed by atoms with Gasteiger partial charge in [0.1, 0.15) is 1.41 Å². The van der Waals surface area contributed by atoms with Crippen LogP contribution in [0.1, 0.15) is 22.0 Å². The minimum absolute atomic E-state index is 0.450. The van der Waals surface area contributed by atoms with Gasteiger partial charge in [-0.05, 0) is 19.4 Å². The van der Waals surface area contributed by atoms with E-state index in [0.717, 1.165) is 5.31 Å². The van der Waals surface area contributed by atoms with Gasteiger partial charge < -0.3 is 10.4 Å². The molecular weight excluding hydrogens is 118 g/mol. The highest BCUT2D eigenvalue weighted by atomic mass is 16.4. The minimum Gasteiger partial charge on any atom is -0.481 e. The lowest BCUT2D eigenvalue weighted by Crippen LogP contribution is -2.24. The zero-order valence-corrected chi connectivity index (χ0v) is 4.96. The summed E-state index contributed by atoms with van der Waals surface area (Å²) in [6.07, 6.45) is -1.11. The van der Waals surface area contributed by atoms with Gasteiger partial charge in [0.05, 0.1) is 6.37 Å². The summed E-state index contributed by atoms with van der Waals surface area (Å²) in [5.74, 6) is -1.23. The van der Waals surface area contributed by atoms with E-state index >= 15 is 0 Å². The molecule has 1 fully saturated rings. The van der Waals surface area contributed by atoms with E-state index in [1.807, 2.05) is 0 Å². The lowest BCUT2D eigenvalue weighted by Gasteiger charge is -2.03. The number of carboxylic acids is 1. The Morgan fingerprint density at radius 1 is 2.22 bits per heavy atom. The zero-order chi connectivity index (χ0) is 10.1. The fourth-order valence-electron chi connectivity index (χ4n) is 0.877. The third kappa shape index (κ3) is 2.01. The van der Waals surface area contributed by atoms with Crippen LogP contribution in [-0.2, 0) is 4.79 Å². The Balaban J connectivity index is 2.73. The fourth-order valence-corrected chi connectivity index (χ4v) is 0.877. The van der Waals surface area contributed by atoms with Gasteiger partial charge in [0.25, 0.3) is 1.43 Å². The van der Waals surface area contributed by atoms with E-state index in [2.05, 4.69) is 5.11 Å². The second-order valence-corrected chi connectivity index (χ2v) is 2.00. The highest BCUT2D eigenvalue weighted by molar-refractivity contribution is 5.67. The molecule has 0 aliphatic carbocycles. The number of carbonyl (C=O) groups is 1. The summed E-state index contributed by atoms with van der Waals surface area (Å²) in [5, 5.41) is 4.64. The van der Waals surface area contributed by atoms with Crippen LogP contribution in [0.3, 0.4) is 0 Å². The van der Waals surface area contributed by atoms with Gasteiger partial charge in [0.15, 0.2) is 0 Å². The van der Waals surface area contributed by atoms with Gasteiger partial charge in [-0.3, -0.25) is 4.79 Å². The van der Waals surface area contributed by atoms with E-state index < -0.39 is 18.4 Å². The highest BCUT2D eigenvalue weighted by Gasteiger charge is 2.16. The zero-order valence-electron chi connectivity index (χ0n) is 8.96. The first kappa shape index (κ1) is 3.01. The molecule has 3 heteroatoms. The molecule has 0 bridgehead atoms. The Morgan fingerprint density at radius 3 is 3.67 bits per heavy atom. The Labute approximate surface area is 59.8 Å². The first-order valence-corrected chi connectivity index (χ1v) is 2.93. The first-order chi connectivity index (χ1) is 6.00. The fraction of sp³-hybridized carbons (Fsp3) is 0.833. The maximum atomic E-state index is 10.9. The van der Waals surface area contributed by atoms with Gasteiger partial charge in [0, 0.05) is 8.78 Å². The predicted molar refractivity (Wildman–Crippen MR) is 33.3 cm³/mol. The van der Waals surface area contributed by atoms with Crippen molar-refractivity contribution in [3.63, 3.8) is 0 Å². The van der Waals surface area contributed by atoms with Crippen LogP contribution in [0.2, 0.25) is 1.41 Å². The van der Waals surface area contributed by atoms with Crippen LogP contribution in [0.15, 0.2) is 0 Å². The predicted octanol–water partition coefficient (Wildman–Crippen LogP) is 0.213. The van der Waals surface area contributed by atoms with E-state index in [4.69, 9.17) is 5.58 Å². The Kier molecular flexibility index (Phi) is 0.945. The van der Waals surface area contributed by atoms with Gasteiger partial charge in [0.2, 0.25) is 0 Å². The van der Waals surface area contributed by atoms with Gasteiger partial charge >= 0.3 is 5.97 Å². The summed E-state index contributed by atoms with van der Waals surface area (Å²) in [5.41, 5.74) is 0. The number of nitrogens with one attached hydrogen (secondary N) is 1. The molecule has 1 aliphatic heterocycles. The molecule has 1 heterocycles. The van der Waals surface area contributed by atoms with Crippen molar-refractivity contribution >= 4 is 5.97 Å². The highest BCUT2D eigenvalue weighted by Crippen LogP contribution is 2.07. The molecule has 3 nitrogen and oxygen atoms in total. The Bertz CT molecular complexity index is 211. The summed E-state index contributed by atoms with van der Waals surface area (Å²) in [4.78, 5) is 10.9. The van der Waals surface area contributed by atoms with Crippen molar-refractivity contribution in [3.05, 3.63) is 0 Å².